The summed E-state index contributed by atoms with van der Waals surface area (Å²) in [5, 5.41) is 20.0. The van der Waals surface area contributed by atoms with Crippen LogP contribution in [0.5, 0.6) is 11.5 Å². The van der Waals surface area contributed by atoms with Gasteiger partial charge in [0.05, 0.1) is 13.2 Å². The highest BCUT2D eigenvalue weighted by Gasteiger charge is 2.45. The van der Waals surface area contributed by atoms with Gasteiger partial charge in [0, 0.05) is 11.1 Å². The second-order valence-electron chi connectivity index (χ2n) is 6.74. The van der Waals surface area contributed by atoms with Gasteiger partial charge in [-0.1, -0.05) is 24.3 Å². The molecule has 0 spiro atoms. The average Bonchev–Trinajstić information content (AvgIpc) is 3.46. The first-order valence-corrected chi connectivity index (χ1v) is 8.52. The summed E-state index contributed by atoms with van der Waals surface area (Å²) in [4.78, 5) is 0. The molecular weight excluding hydrogens is 320 g/mol. The summed E-state index contributed by atoms with van der Waals surface area (Å²) in [6, 6.07) is 10.9. The quantitative estimate of drug-likeness (QED) is 0.788. The lowest BCUT2D eigenvalue weighted by atomic mass is 10.0. The lowest BCUT2D eigenvalue weighted by molar-refractivity contribution is 0.102. The van der Waals surface area contributed by atoms with Crippen LogP contribution in [0, 0.1) is 13.8 Å². The molecule has 4 rings (SSSR count). The highest BCUT2D eigenvalue weighted by Crippen LogP contribution is 2.46. The van der Waals surface area contributed by atoms with Gasteiger partial charge in [0.15, 0.2) is 0 Å². The van der Waals surface area contributed by atoms with Crippen molar-refractivity contribution >= 4 is 0 Å². The van der Waals surface area contributed by atoms with E-state index in [1.807, 2.05) is 38.1 Å². The van der Waals surface area contributed by atoms with E-state index in [4.69, 9.17) is 14.2 Å². The molecule has 2 aromatic rings. The summed E-state index contributed by atoms with van der Waals surface area (Å²) in [7, 11) is 0. The van der Waals surface area contributed by atoms with E-state index in [9.17, 15) is 10.2 Å². The number of phenolic OH excluding ortho intramolecular Hbond substituents is 2. The van der Waals surface area contributed by atoms with Gasteiger partial charge in [-0.25, -0.2) is 0 Å². The van der Waals surface area contributed by atoms with Gasteiger partial charge in [-0.05, 0) is 37.1 Å². The standard InChI is InChI=1S/C20H22O5/c1-11-5-3-7-13(21)17(11)19-15(24-19)9-23-10-16-20(25-16)18-12(2)6-4-8-14(18)22/h3-8,15-16,19-22H,9-10H2,1-2H3. The van der Waals surface area contributed by atoms with E-state index in [1.54, 1.807) is 12.1 Å². The molecule has 4 atom stereocenters. The minimum absolute atomic E-state index is 0.0314. The second-order valence-corrected chi connectivity index (χ2v) is 6.74. The second kappa shape index (κ2) is 6.33. The smallest absolute Gasteiger partial charge is 0.121 e. The van der Waals surface area contributed by atoms with Crippen LogP contribution in [0.3, 0.4) is 0 Å². The van der Waals surface area contributed by atoms with Crippen LogP contribution in [0.4, 0.5) is 0 Å². The fourth-order valence-electron chi connectivity index (χ4n) is 3.42. The monoisotopic (exact) mass is 342 g/mol. The van der Waals surface area contributed by atoms with Crippen LogP contribution in [0.1, 0.15) is 34.5 Å². The molecule has 5 heteroatoms. The van der Waals surface area contributed by atoms with Crippen molar-refractivity contribution in [1.82, 2.24) is 0 Å². The molecule has 0 radical (unpaired) electrons. The largest absolute Gasteiger partial charge is 0.508 e. The molecule has 2 aliphatic rings. The summed E-state index contributed by atoms with van der Waals surface area (Å²) >= 11 is 0. The Morgan fingerprint density at radius 1 is 0.800 bits per heavy atom. The normalized spacial score (nSPS) is 27.3. The van der Waals surface area contributed by atoms with E-state index in [0.717, 1.165) is 22.3 Å². The van der Waals surface area contributed by atoms with Gasteiger partial charge in [-0.2, -0.15) is 0 Å². The molecule has 4 unspecified atom stereocenters. The maximum absolute atomic E-state index is 9.99. The number of benzene rings is 2. The van der Waals surface area contributed by atoms with E-state index in [-0.39, 0.29) is 35.9 Å². The van der Waals surface area contributed by atoms with Gasteiger partial charge >= 0.3 is 0 Å². The van der Waals surface area contributed by atoms with Crippen LogP contribution >= 0.6 is 0 Å². The predicted octanol–water partition coefficient (Wildman–Crippen LogP) is 3.31. The van der Waals surface area contributed by atoms with Crippen LogP contribution in [0.2, 0.25) is 0 Å². The Hall–Kier alpha value is -2.08. The Morgan fingerprint density at radius 3 is 1.64 bits per heavy atom. The molecule has 2 N–H and O–H groups in total. The Morgan fingerprint density at radius 2 is 1.24 bits per heavy atom. The molecule has 0 aliphatic carbocycles. The van der Waals surface area contributed by atoms with Gasteiger partial charge in [0.2, 0.25) is 0 Å². The van der Waals surface area contributed by atoms with Crippen LogP contribution < -0.4 is 0 Å². The molecule has 2 aliphatic heterocycles. The van der Waals surface area contributed by atoms with Crippen molar-refractivity contribution in [2.45, 2.75) is 38.3 Å². The average molecular weight is 342 g/mol. The zero-order chi connectivity index (χ0) is 17.6. The van der Waals surface area contributed by atoms with Gasteiger partial charge in [0.25, 0.3) is 0 Å². The van der Waals surface area contributed by atoms with Gasteiger partial charge in [-0.15, -0.1) is 0 Å². The van der Waals surface area contributed by atoms with E-state index in [0.29, 0.717) is 13.2 Å². The first-order valence-electron chi connectivity index (χ1n) is 8.52. The SMILES string of the molecule is Cc1cccc(O)c1C1OC1COCC1OC1c1c(C)cccc1O. The molecule has 0 bridgehead atoms. The number of phenols is 2. The zero-order valence-corrected chi connectivity index (χ0v) is 14.3. The molecule has 0 aromatic heterocycles. The summed E-state index contributed by atoms with van der Waals surface area (Å²) < 4.78 is 17.0. The Balaban J connectivity index is 1.27. The number of hydrogen-bond acceptors (Lipinski definition) is 5. The van der Waals surface area contributed by atoms with Crippen molar-refractivity contribution in [3.05, 3.63) is 58.7 Å². The third-order valence-corrected chi connectivity index (χ3v) is 4.90. The van der Waals surface area contributed by atoms with Crippen molar-refractivity contribution in [2.75, 3.05) is 13.2 Å². The maximum Gasteiger partial charge on any atom is 0.121 e. The van der Waals surface area contributed by atoms with Crippen LogP contribution in [-0.4, -0.2) is 35.6 Å². The summed E-state index contributed by atoms with van der Waals surface area (Å²) in [5.74, 6) is 0.543. The van der Waals surface area contributed by atoms with Gasteiger partial charge in [-0.3, -0.25) is 0 Å². The van der Waals surface area contributed by atoms with Gasteiger partial charge < -0.3 is 24.4 Å². The summed E-state index contributed by atoms with van der Waals surface area (Å²) in [6.45, 7) is 4.85. The third-order valence-electron chi connectivity index (χ3n) is 4.90. The highest BCUT2D eigenvalue weighted by molar-refractivity contribution is 5.43. The zero-order valence-electron chi connectivity index (χ0n) is 14.3. The number of rotatable bonds is 6. The topological polar surface area (TPSA) is 74.8 Å². The first-order chi connectivity index (χ1) is 12.1. The molecule has 0 amide bonds. The van der Waals surface area contributed by atoms with Crippen molar-refractivity contribution in [3.63, 3.8) is 0 Å². The molecule has 0 saturated carbocycles. The van der Waals surface area contributed by atoms with Crippen molar-refractivity contribution in [2.24, 2.45) is 0 Å². The summed E-state index contributed by atoms with van der Waals surface area (Å²) in [5.41, 5.74) is 3.74. The lowest BCUT2D eigenvalue weighted by Gasteiger charge is -2.06. The van der Waals surface area contributed by atoms with Crippen LogP contribution in [-0.2, 0) is 14.2 Å². The predicted molar refractivity (Wildman–Crippen MR) is 91.7 cm³/mol. The number of hydrogen-bond donors (Lipinski definition) is 2. The minimum atomic E-state index is -0.0995. The Labute approximate surface area is 146 Å². The molecule has 25 heavy (non-hydrogen) atoms. The number of epoxide rings is 2. The van der Waals surface area contributed by atoms with Crippen LogP contribution in [0.25, 0.3) is 0 Å². The molecular formula is C20H22O5. The van der Waals surface area contributed by atoms with E-state index < -0.39 is 0 Å². The van der Waals surface area contributed by atoms with E-state index in [1.165, 1.54) is 0 Å². The molecule has 5 nitrogen and oxygen atoms in total. The van der Waals surface area contributed by atoms with Crippen LogP contribution in [0.15, 0.2) is 36.4 Å². The minimum Gasteiger partial charge on any atom is -0.508 e. The Kier molecular flexibility index (Phi) is 4.15. The molecule has 2 aromatic carbocycles. The first kappa shape index (κ1) is 16.4. The van der Waals surface area contributed by atoms with Crippen molar-refractivity contribution in [3.8, 4) is 11.5 Å². The van der Waals surface area contributed by atoms with E-state index >= 15 is 0 Å². The van der Waals surface area contributed by atoms with Gasteiger partial charge in [0.1, 0.15) is 35.9 Å². The summed E-state index contributed by atoms with van der Waals surface area (Å²) in [6.07, 6.45) is -0.262. The molecule has 2 fully saturated rings. The molecule has 2 heterocycles. The molecule has 132 valence electrons. The third kappa shape index (κ3) is 3.23. The fraction of sp³-hybridized carbons (Fsp3) is 0.400. The number of aryl methyl sites for hydroxylation is 2. The maximum atomic E-state index is 9.99. The Bertz CT molecular complexity index is 682. The number of aromatic hydroxyl groups is 2. The molecule has 2 saturated heterocycles. The number of ether oxygens (including phenoxy) is 3. The lowest BCUT2D eigenvalue weighted by Crippen LogP contribution is -2.09. The van der Waals surface area contributed by atoms with E-state index in [2.05, 4.69) is 0 Å². The van der Waals surface area contributed by atoms with Crippen molar-refractivity contribution < 1.29 is 24.4 Å². The fourth-order valence-corrected chi connectivity index (χ4v) is 3.42. The van der Waals surface area contributed by atoms with Crippen molar-refractivity contribution in [1.29, 1.82) is 0 Å². The highest BCUT2D eigenvalue weighted by atomic mass is 16.6.